The van der Waals surface area contributed by atoms with Gasteiger partial charge in [0.25, 0.3) is 0 Å². The van der Waals surface area contributed by atoms with Crippen LogP contribution in [0.25, 0.3) is 27.9 Å². The highest BCUT2D eigenvalue weighted by Gasteiger charge is 2.12. The average molecular weight is 370 g/mol. The van der Waals surface area contributed by atoms with Crippen LogP contribution in [0.4, 0.5) is 0 Å². The first kappa shape index (κ1) is 17.9. The molecule has 4 aromatic rings. The second kappa shape index (κ2) is 8.06. The van der Waals surface area contributed by atoms with E-state index in [0.717, 1.165) is 16.6 Å². The van der Waals surface area contributed by atoms with Gasteiger partial charge in [-0.1, -0.05) is 42.5 Å². The van der Waals surface area contributed by atoms with E-state index in [1.807, 2.05) is 36.5 Å². The number of carbonyl (C=O) groups excluding carboxylic acids is 1. The quantitative estimate of drug-likeness (QED) is 0.455. The summed E-state index contributed by atoms with van der Waals surface area (Å²) in [7, 11) is 0. The van der Waals surface area contributed by atoms with Gasteiger partial charge >= 0.3 is 0 Å². The maximum atomic E-state index is 12.4. The second-order valence-corrected chi connectivity index (χ2v) is 6.76. The van der Waals surface area contributed by atoms with Crippen LogP contribution in [-0.2, 0) is 11.2 Å². The largest absolute Gasteiger partial charge is 0.348 e. The summed E-state index contributed by atoms with van der Waals surface area (Å²) >= 11 is 0. The van der Waals surface area contributed by atoms with E-state index in [0.29, 0.717) is 13.0 Å². The molecule has 5 heteroatoms. The van der Waals surface area contributed by atoms with Crippen molar-refractivity contribution < 1.29 is 4.79 Å². The van der Waals surface area contributed by atoms with Crippen LogP contribution in [0.2, 0.25) is 0 Å². The van der Waals surface area contributed by atoms with Crippen molar-refractivity contribution in [2.24, 2.45) is 5.73 Å². The third kappa shape index (κ3) is 3.80. The second-order valence-electron chi connectivity index (χ2n) is 6.76. The van der Waals surface area contributed by atoms with Gasteiger partial charge in [-0.15, -0.1) is 0 Å². The summed E-state index contributed by atoms with van der Waals surface area (Å²) in [6, 6.07) is 18.2. The van der Waals surface area contributed by atoms with Gasteiger partial charge in [-0.3, -0.25) is 4.79 Å². The van der Waals surface area contributed by atoms with Crippen LogP contribution in [0.3, 0.4) is 0 Å². The molecule has 4 N–H and O–H groups in total. The van der Waals surface area contributed by atoms with Crippen LogP contribution in [0.15, 0.2) is 73.1 Å². The summed E-state index contributed by atoms with van der Waals surface area (Å²) in [5, 5.41) is 6.38. The number of nitrogens with one attached hydrogen (secondary N) is 2. The first-order chi connectivity index (χ1) is 13.7. The highest BCUT2D eigenvalue weighted by atomic mass is 16.1. The molecule has 4 rings (SSSR count). The first-order valence-corrected chi connectivity index (χ1v) is 9.32. The number of H-pyrrole nitrogens is 1. The molecule has 140 valence electrons. The Bertz CT molecular complexity index is 1140. The number of aromatic nitrogens is 2. The number of nitrogens with zero attached hydrogens (tertiary/aromatic N) is 1. The molecule has 1 atom stereocenters. The lowest BCUT2D eigenvalue weighted by atomic mass is 9.99. The Morgan fingerprint density at radius 3 is 2.82 bits per heavy atom. The molecule has 28 heavy (non-hydrogen) atoms. The van der Waals surface area contributed by atoms with Crippen molar-refractivity contribution in [3.05, 3.63) is 84.2 Å². The molecule has 0 aliphatic carbocycles. The fourth-order valence-corrected chi connectivity index (χ4v) is 3.46. The van der Waals surface area contributed by atoms with Crippen LogP contribution in [0.1, 0.15) is 11.1 Å². The minimum atomic E-state index is -0.158. The molecule has 0 saturated heterocycles. The van der Waals surface area contributed by atoms with Gasteiger partial charge < -0.3 is 16.0 Å². The lowest BCUT2D eigenvalue weighted by molar-refractivity contribution is -0.117. The summed E-state index contributed by atoms with van der Waals surface area (Å²) in [6.07, 6.45) is 7.60. The maximum Gasteiger partial charge on any atom is 0.244 e. The van der Waals surface area contributed by atoms with Crippen molar-refractivity contribution in [2.45, 2.75) is 12.5 Å². The first-order valence-electron chi connectivity index (χ1n) is 9.32. The van der Waals surface area contributed by atoms with E-state index in [1.165, 1.54) is 16.3 Å². The molecule has 0 unspecified atom stereocenters. The summed E-state index contributed by atoms with van der Waals surface area (Å²) in [5.41, 5.74) is 8.84. The van der Waals surface area contributed by atoms with E-state index in [1.54, 1.807) is 18.3 Å². The Kier molecular flexibility index (Phi) is 5.17. The number of fused-ring (bicyclic) bond motifs is 2. The number of nitrogens with two attached hydrogens (primary N) is 1. The zero-order valence-electron chi connectivity index (χ0n) is 15.4. The molecule has 5 nitrogen and oxygen atoms in total. The predicted octanol–water partition coefficient (Wildman–Crippen LogP) is 3.42. The van der Waals surface area contributed by atoms with Crippen LogP contribution >= 0.6 is 0 Å². The maximum absolute atomic E-state index is 12.4. The third-order valence-electron chi connectivity index (χ3n) is 4.87. The van der Waals surface area contributed by atoms with Crippen molar-refractivity contribution in [1.29, 1.82) is 0 Å². The molecule has 0 spiro atoms. The minimum Gasteiger partial charge on any atom is -0.348 e. The van der Waals surface area contributed by atoms with E-state index in [4.69, 9.17) is 5.73 Å². The van der Waals surface area contributed by atoms with Crippen molar-refractivity contribution in [2.75, 3.05) is 6.54 Å². The summed E-state index contributed by atoms with van der Waals surface area (Å²) < 4.78 is 0. The average Bonchev–Trinajstić information content (AvgIpc) is 3.15. The molecular weight excluding hydrogens is 348 g/mol. The number of amides is 1. The SMILES string of the molecule is NC[C@H](Cc1cccc2ccccc12)NC(=O)/C=C/c1c[nH]c2ncccc12. The number of benzene rings is 2. The van der Waals surface area contributed by atoms with Gasteiger partial charge in [0.15, 0.2) is 0 Å². The lowest BCUT2D eigenvalue weighted by Crippen LogP contribution is -2.41. The number of pyridine rings is 1. The van der Waals surface area contributed by atoms with Gasteiger partial charge in [-0.2, -0.15) is 0 Å². The van der Waals surface area contributed by atoms with E-state index in [9.17, 15) is 4.79 Å². The smallest absolute Gasteiger partial charge is 0.244 e. The van der Waals surface area contributed by atoms with E-state index in [-0.39, 0.29) is 11.9 Å². The number of hydrogen-bond donors (Lipinski definition) is 3. The number of aromatic amines is 1. The molecule has 2 aromatic heterocycles. The van der Waals surface area contributed by atoms with Gasteiger partial charge in [0.2, 0.25) is 5.91 Å². The molecule has 1 amide bonds. The van der Waals surface area contributed by atoms with Gasteiger partial charge in [-0.05, 0) is 41.0 Å². The zero-order valence-corrected chi connectivity index (χ0v) is 15.4. The Hall–Kier alpha value is -3.44. The Morgan fingerprint density at radius 2 is 1.93 bits per heavy atom. The highest BCUT2D eigenvalue weighted by Crippen LogP contribution is 2.20. The minimum absolute atomic E-state index is 0.132. The Morgan fingerprint density at radius 1 is 1.11 bits per heavy atom. The van der Waals surface area contributed by atoms with Crippen LogP contribution in [-0.4, -0.2) is 28.5 Å². The number of hydrogen-bond acceptors (Lipinski definition) is 3. The van der Waals surface area contributed by atoms with Gasteiger partial charge in [0.05, 0.1) is 0 Å². The summed E-state index contributed by atoms with van der Waals surface area (Å²) in [5.74, 6) is -0.158. The molecule has 2 heterocycles. The molecule has 2 aromatic carbocycles. The Balaban J connectivity index is 1.46. The van der Waals surface area contributed by atoms with Crippen LogP contribution < -0.4 is 11.1 Å². The van der Waals surface area contributed by atoms with Gasteiger partial charge in [-0.25, -0.2) is 4.98 Å². The fraction of sp³-hybridized carbons (Fsp3) is 0.130. The van der Waals surface area contributed by atoms with Crippen molar-refractivity contribution in [3.8, 4) is 0 Å². The molecule has 0 fully saturated rings. The summed E-state index contributed by atoms with van der Waals surface area (Å²) in [4.78, 5) is 19.8. The molecular formula is C23H22N4O. The Labute approximate surface area is 163 Å². The predicted molar refractivity (Wildman–Crippen MR) is 114 cm³/mol. The standard InChI is InChI=1S/C23H22N4O/c24-14-19(13-17-7-3-6-16-5-1-2-8-20(16)17)27-22(28)11-10-18-15-26-23-21(18)9-4-12-25-23/h1-12,15,19H,13-14,24H2,(H,25,26)(H,27,28)/b11-10+/t19-/m0/s1. The van der Waals surface area contributed by atoms with Gasteiger partial charge in [0, 0.05) is 42.0 Å². The van der Waals surface area contributed by atoms with Crippen molar-refractivity contribution >= 4 is 33.8 Å². The molecule has 0 saturated carbocycles. The normalized spacial score (nSPS) is 12.6. The molecule has 0 bridgehead atoms. The van der Waals surface area contributed by atoms with Crippen LogP contribution in [0.5, 0.6) is 0 Å². The van der Waals surface area contributed by atoms with Gasteiger partial charge in [0.1, 0.15) is 5.65 Å². The third-order valence-corrected chi connectivity index (χ3v) is 4.87. The topological polar surface area (TPSA) is 83.8 Å². The number of carbonyl (C=O) groups is 1. The van der Waals surface area contributed by atoms with E-state index >= 15 is 0 Å². The molecule has 0 radical (unpaired) electrons. The van der Waals surface area contributed by atoms with E-state index < -0.39 is 0 Å². The molecule has 0 aliphatic heterocycles. The van der Waals surface area contributed by atoms with Crippen molar-refractivity contribution in [3.63, 3.8) is 0 Å². The monoisotopic (exact) mass is 370 g/mol. The summed E-state index contributed by atoms with van der Waals surface area (Å²) in [6.45, 7) is 0.375. The lowest BCUT2D eigenvalue weighted by Gasteiger charge is -2.17. The molecule has 0 aliphatic rings. The van der Waals surface area contributed by atoms with Crippen molar-refractivity contribution in [1.82, 2.24) is 15.3 Å². The van der Waals surface area contributed by atoms with E-state index in [2.05, 4.69) is 39.6 Å². The fourth-order valence-electron chi connectivity index (χ4n) is 3.46. The van der Waals surface area contributed by atoms with Crippen LogP contribution in [0, 0.1) is 0 Å². The highest BCUT2D eigenvalue weighted by molar-refractivity contribution is 5.95. The zero-order chi connectivity index (χ0) is 19.3. The number of rotatable bonds is 6.